The first-order chi connectivity index (χ1) is 9.83. The van der Waals surface area contributed by atoms with Gasteiger partial charge in [-0.05, 0) is 56.3 Å². The smallest absolute Gasteiger partial charge is 0.136 e. The molecule has 0 aromatic carbocycles. The van der Waals surface area contributed by atoms with Crippen molar-refractivity contribution in [3.8, 4) is 0 Å². The van der Waals surface area contributed by atoms with E-state index in [1.165, 1.54) is 38.5 Å². The normalized spacial score (nSPS) is 22.1. The van der Waals surface area contributed by atoms with Gasteiger partial charge in [-0.25, -0.2) is 9.97 Å². The molecule has 2 N–H and O–H groups in total. The van der Waals surface area contributed by atoms with Gasteiger partial charge in [0.15, 0.2) is 0 Å². The van der Waals surface area contributed by atoms with Crippen LogP contribution in [-0.4, -0.2) is 23.6 Å². The number of anilines is 2. The van der Waals surface area contributed by atoms with Crippen molar-refractivity contribution in [1.29, 1.82) is 0 Å². The maximum absolute atomic E-state index is 4.71. The second-order valence-electron chi connectivity index (χ2n) is 6.74. The van der Waals surface area contributed by atoms with Crippen LogP contribution in [0.25, 0.3) is 0 Å². The van der Waals surface area contributed by atoms with Crippen LogP contribution in [0.5, 0.6) is 0 Å². The second-order valence-corrected chi connectivity index (χ2v) is 6.74. The van der Waals surface area contributed by atoms with Gasteiger partial charge in [0.1, 0.15) is 17.5 Å². The van der Waals surface area contributed by atoms with E-state index < -0.39 is 0 Å². The van der Waals surface area contributed by atoms with E-state index >= 15 is 0 Å². The SMILES string of the molecule is CNc1cc(NCC(C2CC2)C2CC2)nc(C2CC2)n1. The van der Waals surface area contributed by atoms with Crippen LogP contribution in [-0.2, 0) is 0 Å². The fraction of sp³-hybridized carbons (Fsp3) is 0.750. The molecule has 0 radical (unpaired) electrons. The van der Waals surface area contributed by atoms with Crippen molar-refractivity contribution in [1.82, 2.24) is 9.97 Å². The first-order valence-corrected chi connectivity index (χ1v) is 8.14. The summed E-state index contributed by atoms with van der Waals surface area (Å²) in [6.45, 7) is 1.10. The highest BCUT2D eigenvalue weighted by Crippen LogP contribution is 2.49. The summed E-state index contributed by atoms with van der Waals surface area (Å²) < 4.78 is 0. The molecule has 1 aromatic heterocycles. The van der Waals surface area contributed by atoms with Crippen LogP contribution in [0, 0.1) is 17.8 Å². The van der Waals surface area contributed by atoms with Gasteiger partial charge >= 0.3 is 0 Å². The van der Waals surface area contributed by atoms with Gasteiger partial charge in [0.2, 0.25) is 0 Å². The number of hydrogen-bond acceptors (Lipinski definition) is 4. The summed E-state index contributed by atoms with van der Waals surface area (Å²) in [5, 5.41) is 6.75. The molecule has 3 fully saturated rings. The molecule has 0 unspecified atom stereocenters. The van der Waals surface area contributed by atoms with E-state index in [-0.39, 0.29) is 0 Å². The van der Waals surface area contributed by atoms with Crippen LogP contribution in [0.2, 0.25) is 0 Å². The molecule has 1 heterocycles. The molecule has 108 valence electrons. The van der Waals surface area contributed by atoms with Crippen molar-refractivity contribution in [2.45, 2.75) is 44.4 Å². The van der Waals surface area contributed by atoms with Crippen LogP contribution in [0.4, 0.5) is 11.6 Å². The van der Waals surface area contributed by atoms with E-state index in [2.05, 4.69) is 15.6 Å². The lowest BCUT2D eigenvalue weighted by molar-refractivity contribution is 0.427. The molecule has 0 bridgehead atoms. The zero-order chi connectivity index (χ0) is 13.5. The maximum Gasteiger partial charge on any atom is 0.136 e. The van der Waals surface area contributed by atoms with Gasteiger partial charge in [-0.15, -0.1) is 0 Å². The minimum Gasteiger partial charge on any atom is -0.373 e. The number of rotatable bonds is 7. The highest BCUT2D eigenvalue weighted by atomic mass is 15.1. The molecule has 0 saturated heterocycles. The minimum absolute atomic E-state index is 0.603. The highest BCUT2D eigenvalue weighted by molar-refractivity contribution is 5.48. The Hall–Kier alpha value is -1.32. The topological polar surface area (TPSA) is 49.8 Å². The molecule has 4 rings (SSSR count). The Labute approximate surface area is 120 Å². The summed E-state index contributed by atoms with van der Waals surface area (Å²) >= 11 is 0. The fourth-order valence-corrected chi connectivity index (χ4v) is 3.20. The average molecular weight is 272 g/mol. The Kier molecular flexibility index (Phi) is 3.04. The van der Waals surface area contributed by atoms with Gasteiger partial charge in [0.05, 0.1) is 0 Å². The largest absolute Gasteiger partial charge is 0.373 e. The van der Waals surface area contributed by atoms with Crippen molar-refractivity contribution in [3.63, 3.8) is 0 Å². The summed E-state index contributed by atoms with van der Waals surface area (Å²) in [4.78, 5) is 9.29. The van der Waals surface area contributed by atoms with Crippen LogP contribution in [0.1, 0.15) is 50.3 Å². The molecule has 0 spiro atoms. The standard InChI is InChI=1S/C16H24N4/c1-17-14-8-15(20-16(19-14)12-6-7-12)18-9-13(10-2-3-10)11-4-5-11/h8,10-13H,2-7,9H2,1H3,(H2,17,18,19,20). The molecule has 0 atom stereocenters. The quantitative estimate of drug-likeness (QED) is 0.800. The van der Waals surface area contributed by atoms with E-state index in [9.17, 15) is 0 Å². The van der Waals surface area contributed by atoms with Crippen LogP contribution in [0.15, 0.2) is 6.07 Å². The molecular formula is C16H24N4. The summed E-state index contributed by atoms with van der Waals surface area (Å²) in [5.41, 5.74) is 0. The van der Waals surface area contributed by atoms with E-state index in [1.807, 2.05) is 13.1 Å². The van der Waals surface area contributed by atoms with Gasteiger partial charge in [0, 0.05) is 25.6 Å². The Morgan fingerprint density at radius 3 is 2.25 bits per heavy atom. The van der Waals surface area contributed by atoms with Crippen molar-refractivity contribution in [3.05, 3.63) is 11.9 Å². The summed E-state index contributed by atoms with van der Waals surface area (Å²) in [6.07, 6.45) is 8.28. The molecule has 3 saturated carbocycles. The van der Waals surface area contributed by atoms with E-state index in [1.54, 1.807) is 0 Å². The summed E-state index contributed by atoms with van der Waals surface area (Å²) in [7, 11) is 1.93. The lowest BCUT2D eigenvalue weighted by atomic mass is 9.98. The summed E-state index contributed by atoms with van der Waals surface area (Å²) in [5.74, 6) is 6.44. The monoisotopic (exact) mass is 272 g/mol. The maximum atomic E-state index is 4.71. The Bertz CT molecular complexity index is 477. The van der Waals surface area contributed by atoms with Crippen molar-refractivity contribution in [2.24, 2.45) is 17.8 Å². The van der Waals surface area contributed by atoms with Crippen LogP contribution >= 0.6 is 0 Å². The predicted octanol–water partition coefficient (Wildman–Crippen LogP) is 3.24. The third-order valence-corrected chi connectivity index (χ3v) is 4.92. The third kappa shape index (κ3) is 2.74. The van der Waals surface area contributed by atoms with Crippen LogP contribution < -0.4 is 10.6 Å². The van der Waals surface area contributed by atoms with Gasteiger partial charge in [-0.1, -0.05) is 0 Å². The molecule has 3 aliphatic rings. The Balaban J connectivity index is 1.45. The van der Waals surface area contributed by atoms with Gasteiger partial charge in [-0.3, -0.25) is 0 Å². The Morgan fingerprint density at radius 2 is 1.70 bits per heavy atom. The zero-order valence-corrected chi connectivity index (χ0v) is 12.2. The summed E-state index contributed by atoms with van der Waals surface area (Å²) in [6, 6.07) is 2.04. The molecule has 1 aromatic rings. The van der Waals surface area contributed by atoms with Gasteiger partial charge < -0.3 is 10.6 Å². The molecule has 20 heavy (non-hydrogen) atoms. The Morgan fingerprint density at radius 1 is 1.05 bits per heavy atom. The molecule has 4 nitrogen and oxygen atoms in total. The number of nitrogens with zero attached hydrogens (tertiary/aromatic N) is 2. The van der Waals surface area contributed by atoms with Crippen molar-refractivity contribution >= 4 is 11.6 Å². The molecule has 4 heteroatoms. The number of hydrogen-bond donors (Lipinski definition) is 2. The lowest BCUT2D eigenvalue weighted by Gasteiger charge is -2.17. The van der Waals surface area contributed by atoms with Gasteiger partial charge in [0.25, 0.3) is 0 Å². The van der Waals surface area contributed by atoms with Gasteiger partial charge in [-0.2, -0.15) is 0 Å². The molecular weight excluding hydrogens is 248 g/mol. The third-order valence-electron chi connectivity index (χ3n) is 4.92. The molecule has 0 amide bonds. The first-order valence-electron chi connectivity index (χ1n) is 8.14. The minimum atomic E-state index is 0.603. The predicted molar refractivity (Wildman–Crippen MR) is 81.0 cm³/mol. The van der Waals surface area contributed by atoms with Crippen molar-refractivity contribution < 1.29 is 0 Å². The lowest BCUT2D eigenvalue weighted by Crippen LogP contribution is -2.19. The van der Waals surface area contributed by atoms with E-state index in [0.717, 1.165) is 41.8 Å². The van der Waals surface area contributed by atoms with Crippen LogP contribution in [0.3, 0.4) is 0 Å². The molecule has 3 aliphatic carbocycles. The second kappa shape index (κ2) is 4.90. The first kappa shape index (κ1) is 12.4. The number of nitrogens with one attached hydrogen (secondary N) is 2. The van der Waals surface area contributed by atoms with Crippen molar-refractivity contribution in [2.75, 3.05) is 24.2 Å². The molecule has 0 aliphatic heterocycles. The highest BCUT2D eigenvalue weighted by Gasteiger charge is 2.41. The van der Waals surface area contributed by atoms with E-state index in [4.69, 9.17) is 4.98 Å². The fourth-order valence-electron chi connectivity index (χ4n) is 3.20. The van der Waals surface area contributed by atoms with E-state index in [0.29, 0.717) is 5.92 Å². The number of aromatic nitrogens is 2. The average Bonchev–Trinajstić information content (AvgIpc) is 3.27. The zero-order valence-electron chi connectivity index (χ0n) is 12.2.